The van der Waals surface area contributed by atoms with Gasteiger partial charge in [0.15, 0.2) is 0 Å². The molecule has 0 bridgehead atoms. The van der Waals surface area contributed by atoms with E-state index in [1.54, 1.807) is 0 Å². The lowest BCUT2D eigenvalue weighted by Gasteiger charge is -2.19. The zero-order valence-corrected chi connectivity index (χ0v) is 11.9. The summed E-state index contributed by atoms with van der Waals surface area (Å²) in [6.07, 6.45) is -0.329. The minimum atomic E-state index is -4.39. The highest BCUT2D eigenvalue weighted by Gasteiger charge is 2.34. The molecule has 108 valence electrons. The zero-order valence-electron chi connectivity index (χ0n) is 11.1. The van der Waals surface area contributed by atoms with Crippen LogP contribution in [0.1, 0.15) is 45.1 Å². The van der Waals surface area contributed by atoms with E-state index in [-0.39, 0.29) is 16.8 Å². The van der Waals surface area contributed by atoms with Crippen molar-refractivity contribution in [3.8, 4) is 0 Å². The molecule has 0 saturated carbocycles. The molecule has 0 fully saturated rings. The van der Waals surface area contributed by atoms with Crippen LogP contribution in [0.3, 0.4) is 0 Å². The number of rotatable bonds is 6. The SMILES string of the molecule is CCCCCC(C)Nc1ccc(Cl)cc1C(F)(F)F. The molecule has 0 aliphatic heterocycles. The van der Waals surface area contributed by atoms with Gasteiger partial charge in [-0.3, -0.25) is 0 Å². The van der Waals surface area contributed by atoms with E-state index >= 15 is 0 Å². The summed E-state index contributed by atoms with van der Waals surface area (Å²) in [4.78, 5) is 0. The molecule has 1 atom stereocenters. The van der Waals surface area contributed by atoms with Crippen molar-refractivity contribution in [1.82, 2.24) is 0 Å². The molecule has 1 rings (SSSR count). The Bertz CT molecular complexity index is 404. The minimum Gasteiger partial charge on any atom is -0.382 e. The average Bonchev–Trinajstić information content (AvgIpc) is 2.30. The minimum absolute atomic E-state index is 0.00817. The molecular formula is C14H19ClF3N. The van der Waals surface area contributed by atoms with Crippen molar-refractivity contribution in [2.24, 2.45) is 0 Å². The molecule has 0 amide bonds. The second-order valence-electron chi connectivity index (χ2n) is 4.73. The van der Waals surface area contributed by atoms with E-state index in [2.05, 4.69) is 12.2 Å². The van der Waals surface area contributed by atoms with Crippen LogP contribution in [-0.2, 0) is 6.18 Å². The second kappa shape index (κ2) is 7.04. The van der Waals surface area contributed by atoms with Crippen LogP contribution >= 0.6 is 11.6 Å². The van der Waals surface area contributed by atoms with Crippen molar-refractivity contribution in [2.75, 3.05) is 5.32 Å². The Balaban J connectivity index is 2.77. The van der Waals surface area contributed by atoms with E-state index in [0.29, 0.717) is 0 Å². The van der Waals surface area contributed by atoms with Crippen molar-refractivity contribution in [3.63, 3.8) is 0 Å². The van der Waals surface area contributed by atoms with Gasteiger partial charge in [-0.05, 0) is 31.5 Å². The standard InChI is InChI=1S/C14H19ClF3N/c1-3-4-5-6-10(2)19-13-8-7-11(15)9-12(13)14(16,17)18/h7-10,19H,3-6H2,1-2H3. The van der Waals surface area contributed by atoms with Crippen LogP contribution in [0.15, 0.2) is 18.2 Å². The quantitative estimate of drug-likeness (QED) is 0.660. The third-order valence-corrected chi connectivity index (χ3v) is 3.16. The molecule has 0 spiro atoms. The highest BCUT2D eigenvalue weighted by molar-refractivity contribution is 6.30. The summed E-state index contributed by atoms with van der Waals surface area (Å²) in [7, 11) is 0. The number of hydrogen-bond acceptors (Lipinski definition) is 1. The van der Waals surface area contributed by atoms with Gasteiger partial charge in [-0.25, -0.2) is 0 Å². The van der Waals surface area contributed by atoms with E-state index in [0.717, 1.165) is 31.7 Å². The van der Waals surface area contributed by atoms with Gasteiger partial charge in [0.2, 0.25) is 0 Å². The monoisotopic (exact) mass is 293 g/mol. The summed E-state index contributed by atoms with van der Waals surface area (Å²) < 4.78 is 38.7. The van der Waals surface area contributed by atoms with Gasteiger partial charge in [-0.2, -0.15) is 13.2 Å². The number of hydrogen-bond donors (Lipinski definition) is 1. The molecule has 0 aromatic heterocycles. The molecule has 0 saturated heterocycles. The van der Waals surface area contributed by atoms with Crippen molar-refractivity contribution in [2.45, 2.75) is 51.7 Å². The van der Waals surface area contributed by atoms with Gasteiger partial charge in [-0.1, -0.05) is 37.8 Å². The molecule has 5 heteroatoms. The van der Waals surface area contributed by atoms with Crippen molar-refractivity contribution >= 4 is 17.3 Å². The first-order chi connectivity index (χ1) is 8.84. The third-order valence-electron chi connectivity index (χ3n) is 2.93. The number of alkyl halides is 3. The molecule has 0 aliphatic rings. The fourth-order valence-electron chi connectivity index (χ4n) is 1.92. The highest BCUT2D eigenvalue weighted by atomic mass is 35.5. The summed E-state index contributed by atoms with van der Waals surface area (Å²) in [5.41, 5.74) is -0.608. The second-order valence-corrected chi connectivity index (χ2v) is 5.17. The van der Waals surface area contributed by atoms with Gasteiger partial charge in [0.05, 0.1) is 5.56 Å². The normalized spacial score (nSPS) is 13.4. The summed E-state index contributed by atoms with van der Waals surface area (Å²) in [5.74, 6) is 0. The summed E-state index contributed by atoms with van der Waals surface area (Å²) in [6, 6.07) is 3.83. The number of nitrogens with one attached hydrogen (secondary N) is 1. The van der Waals surface area contributed by atoms with E-state index in [4.69, 9.17) is 11.6 Å². The highest BCUT2D eigenvalue weighted by Crippen LogP contribution is 2.36. The molecule has 1 unspecified atom stereocenters. The largest absolute Gasteiger partial charge is 0.418 e. The Hall–Kier alpha value is -0.900. The predicted molar refractivity (Wildman–Crippen MR) is 73.7 cm³/mol. The molecule has 0 aliphatic carbocycles. The maximum Gasteiger partial charge on any atom is 0.418 e. The Kier molecular flexibility index (Phi) is 5.98. The zero-order chi connectivity index (χ0) is 14.5. The Labute approximate surface area is 117 Å². The molecule has 1 nitrogen and oxygen atoms in total. The van der Waals surface area contributed by atoms with Gasteiger partial charge in [0.1, 0.15) is 0 Å². The van der Waals surface area contributed by atoms with Crippen LogP contribution in [0.4, 0.5) is 18.9 Å². The van der Waals surface area contributed by atoms with E-state index in [1.165, 1.54) is 12.1 Å². The Morgan fingerprint density at radius 1 is 1.26 bits per heavy atom. The maximum atomic E-state index is 12.9. The number of unbranched alkanes of at least 4 members (excludes halogenated alkanes) is 2. The average molecular weight is 294 g/mol. The van der Waals surface area contributed by atoms with Crippen molar-refractivity contribution in [3.05, 3.63) is 28.8 Å². The van der Waals surface area contributed by atoms with Crippen LogP contribution in [0, 0.1) is 0 Å². The predicted octanol–water partition coefficient (Wildman–Crippen LogP) is 5.74. The van der Waals surface area contributed by atoms with Gasteiger partial charge in [-0.15, -0.1) is 0 Å². The van der Waals surface area contributed by atoms with E-state index in [1.807, 2.05) is 6.92 Å². The topological polar surface area (TPSA) is 12.0 Å². The first kappa shape index (κ1) is 16.2. The molecule has 19 heavy (non-hydrogen) atoms. The van der Waals surface area contributed by atoms with Crippen LogP contribution < -0.4 is 5.32 Å². The fourth-order valence-corrected chi connectivity index (χ4v) is 2.09. The molecule has 1 N–H and O–H groups in total. The van der Waals surface area contributed by atoms with Gasteiger partial charge in [0.25, 0.3) is 0 Å². The first-order valence-corrected chi connectivity index (χ1v) is 6.85. The maximum absolute atomic E-state index is 12.9. The smallest absolute Gasteiger partial charge is 0.382 e. The Morgan fingerprint density at radius 2 is 1.95 bits per heavy atom. The van der Waals surface area contributed by atoms with E-state index in [9.17, 15) is 13.2 Å². The fraction of sp³-hybridized carbons (Fsp3) is 0.571. The molecule has 0 heterocycles. The van der Waals surface area contributed by atoms with Crippen LogP contribution in [0.2, 0.25) is 5.02 Å². The van der Waals surface area contributed by atoms with Gasteiger partial charge < -0.3 is 5.32 Å². The lowest BCUT2D eigenvalue weighted by molar-refractivity contribution is -0.137. The van der Waals surface area contributed by atoms with Gasteiger partial charge >= 0.3 is 6.18 Å². The third kappa shape index (κ3) is 5.31. The lowest BCUT2D eigenvalue weighted by Crippen LogP contribution is -2.18. The van der Waals surface area contributed by atoms with Crippen LogP contribution in [0.25, 0.3) is 0 Å². The number of halogens is 4. The first-order valence-electron chi connectivity index (χ1n) is 6.48. The summed E-state index contributed by atoms with van der Waals surface area (Å²) in [6.45, 7) is 3.99. The molecule has 0 radical (unpaired) electrons. The van der Waals surface area contributed by atoms with Crippen LogP contribution in [-0.4, -0.2) is 6.04 Å². The summed E-state index contributed by atoms with van der Waals surface area (Å²) in [5, 5.41) is 3.02. The van der Waals surface area contributed by atoms with Crippen molar-refractivity contribution < 1.29 is 13.2 Å². The van der Waals surface area contributed by atoms with Crippen LogP contribution in [0.5, 0.6) is 0 Å². The van der Waals surface area contributed by atoms with Gasteiger partial charge in [0, 0.05) is 16.8 Å². The van der Waals surface area contributed by atoms with Crippen molar-refractivity contribution in [1.29, 1.82) is 0 Å². The summed E-state index contributed by atoms with van der Waals surface area (Å²) >= 11 is 5.63. The Morgan fingerprint density at radius 3 is 2.53 bits per heavy atom. The number of benzene rings is 1. The van der Waals surface area contributed by atoms with E-state index < -0.39 is 11.7 Å². The molecule has 1 aromatic carbocycles. The lowest BCUT2D eigenvalue weighted by atomic mass is 10.1. The molecule has 1 aromatic rings. The molecular weight excluding hydrogens is 275 g/mol. The number of anilines is 1.